The number of nitrogens with one attached hydrogen (secondary N) is 1. The summed E-state index contributed by atoms with van der Waals surface area (Å²) >= 11 is 0. The van der Waals surface area contributed by atoms with Gasteiger partial charge in [-0.25, -0.2) is 0 Å². The molecular weight excluding hydrogens is 264 g/mol. The van der Waals surface area contributed by atoms with Gasteiger partial charge in [-0.2, -0.15) is 21.0 Å². The molecule has 2 unspecified atom stereocenters. The van der Waals surface area contributed by atoms with Gasteiger partial charge in [0.2, 0.25) is 0 Å². The monoisotopic (exact) mass is 278 g/mol. The lowest BCUT2D eigenvalue weighted by Crippen LogP contribution is -2.68. The Hall–Kier alpha value is -2.96. The first-order valence-electron chi connectivity index (χ1n) is 6.39. The van der Waals surface area contributed by atoms with Crippen LogP contribution in [0.2, 0.25) is 0 Å². The van der Waals surface area contributed by atoms with E-state index in [0.29, 0.717) is 12.0 Å². The molecular formula is C15H14N6. The molecule has 0 spiro atoms. The van der Waals surface area contributed by atoms with E-state index >= 15 is 0 Å². The van der Waals surface area contributed by atoms with Crippen molar-refractivity contribution in [3.8, 4) is 24.3 Å². The number of hydrogen-bond donors (Lipinski definition) is 2. The summed E-state index contributed by atoms with van der Waals surface area (Å²) in [5.41, 5.74) is 4.02. The van der Waals surface area contributed by atoms with Crippen LogP contribution in [0.15, 0.2) is 22.5 Å². The van der Waals surface area contributed by atoms with Crippen molar-refractivity contribution in [2.75, 3.05) is 0 Å². The zero-order valence-corrected chi connectivity index (χ0v) is 12.1. The highest BCUT2D eigenvalue weighted by Gasteiger charge is 2.64. The molecule has 3 rings (SSSR count). The van der Waals surface area contributed by atoms with Crippen LogP contribution in [-0.4, -0.2) is 5.54 Å². The smallest absolute Gasteiger partial charge is 0.150 e. The van der Waals surface area contributed by atoms with Gasteiger partial charge >= 0.3 is 0 Å². The molecule has 6 nitrogen and oxygen atoms in total. The molecule has 6 heteroatoms. The SMILES string of the molecule is CC1(C)CC2(C#N)C(N)=C(C#N)C1(C)NC2=C(C#N)C#N. The summed E-state index contributed by atoms with van der Waals surface area (Å²) in [6, 6.07) is 7.84. The van der Waals surface area contributed by atoms with Gasteiger partial charge in [-0.3, -0.25) is 0 Å². The highest BCUT2D eigenvalue weighted by atomic mass is 15.1. The van der Waals surface area contributed by atoms with Crippen molar-refractivity contribution in [2.45, 2.75) is 32.7 Å². The molecule has 2 heterocycles. The molecule has 0 aromatic heterocycles. The maximum atomic E-state index is 9.71. The average Bonchev–Trinajstić information content (AvgIpc) is 2.43. The third-order valence-electron chi connectivity index (χ3n) is 4.87. The van der Waals surface area contributed by atoms with Crippen molar-refractivity contribution in [3.63, 3.8) is 0 Å². The van der Waals surface area contributed by atoms with Gasteiger partial charge < -0.3 is 11.1 Å². The molecule has 3 aliphatic rings. The molecule has 1 aliphatic carbocycles. The van der Waals surface area contributed by atoms with Gasteiger partial charge in [0.25, 0.3) is 0 Å². The molecule has 3 N–H and O–H groups in total. The van der Waals surface area contributed by atoms with Crippen molar-refractivity contribution in [2.24, 2.45) is 16.6 Å². The summed E-state index contributed by atoms with van der Waals surface area (Å²) in [6.45, 7) is 5.68. The number of nitriles is 4. The number of nitrogens with zero attached hydrogens (tertiary/aromatic N) is 4. The first-order valence-corrected chi connectivity index (χ1v) is 6.39. The number of allylic oxidation sites excluding steroid dienone is 1. The lowest BCUT2D eigenvalue weighted by atomic mass is 9.50. The summed E-state index contributed by atoms with van der Waals surface area (Å²) in [6.07, 6.45) is 0.346. The van der Waals surface area contributed by atoms with Crippen LogP contribution in [-0.2, 0) is 0 Å². The Morgan fingerprint density at radius 3 is 2.14 bits per heavy atom. The van der Waals surface area contributed by atoms with Crippen molar-refractivity contribution in [3.05, 3.63) is 22.5 Å². The number of rotatable bonds is 0. The molecule has 21 heavy (non-hydrogen) atoms. The van der Waals surface area contributed by atoms with Crippen LogP contribution >= 0.6 is 0 Å². The summed E-state index contributed by atoms with van der Waals surface area (Å²) < 4.78 is 0. The molecule has 2 aliphatic heterocycles. The van der Waals surface area contributed by atoms with Crippen LogP contribution < -0.4 is 11.1 Å². The summed E-state index contributed by atoms with van der Waals surface area (Å²) in [4.78, 5) is 0. The zero-order chi connectivity index (χ0) is 16.1. The Morgan fingerprint density at radius 2 is 1.71 bits per heavy atom. The second-order valence-electron chi connectivity index (χ2n) is 6.20. The van der Waals surface area contributed by atoms with E-state index in [1.54, 1.807) is 0 Å². The van der Waals surface area contributed by atoms with E-state index in [9.17, 15) is 10.5 Å². The van der Waals surface area contributed by atoms with E-state index < -0.39 is 16.4 Å². The van der Waals surface area contributed by atoms with Crippen LogP contribution in [0.1, 0.15) is 27.2 Å². The Morgan fingerprint density at radius 1 is 1.14 bits per heavy atom. The molecule has 1 saturated heterocycles. The number of nitrogens with two attached hydrogens (primary N) is 1. The van der Waals surface area contributed by atoms with Crippen LogP contribution in [0.5, 0.6) is 0 Å². The fourth-order valence-electron chi connectivity index (χ4n) is 3.31. The number of piperidine rings is 1. The van der Waals surface area contributed by atoms with Gasteiger partial charge in [-0.1, -0.05) is 13.8 Å². The largest absolute Gasteiger partial charge is 0.400 e. The number of hydrogen-bond acceptors (Lipinski definition) is 6. The molecule has 0 aromatic carbocycles. The van der Waals surface area contributed by atoms with Crippen molar-refractivity contribution in [1.82, 2.24) is 5.32 Å². The highest BCUT2D eigenvalue weighted by molar-refractivity contribution is 5.60. The summed E-state index contributed by atoms with van der Waals surface area (Å²) in [5.74, 6) is 0. The standard InChI is InChI=1S/C15H14N6/c1-13(2)7-15(8-19)11(20)10(6-18)14(13,3)21-12(15)9(4-16)5-17/h21H,7,20H2,1-3H3. The predicted molar refractivity (Wildman–Crippen MR) is 73.1 cm³/mol. The lowest BCUT2D eigenvalue weighted by Gasteiger charge is -2.59. The first kappa shape index (κ1) is 14.4. The van der Waals surface area contributed by atoms with Crippen LogP contribution in [0, 0.1) is 56.2 Å². The van der Waals surface area contributed by atoms with E-state index in [4.69, 9.17) is 16.3 Å². The minimum Gasteiger partial charge on any atom is -0.400 e. The predicted octanol–water partition coefficient (Wildman–Crippen LogP) is 1.33. The Bertz CT molecular complexity index is 742. The topological polar surface area (TPSA) is 133 Å². The molecule has 0 saturated carbocycles. The fourth-order valence-corrected chi connectivity index (χ4v) is 3.31. The molecule has 1 fully saturated rings. The molecule has 0 amide bonds. The minimum atomic E-state index is -1.33. The Labute approximate surface area is 123 Å². The normalized spacial score (nSPS) is 32.2. The van der Waals surface area contributed by atoms with E-state index in [1.165, 1.54) is 0 Å². The van der Waals surface area contributed by atoms with E-state index in [2.05, 4.69) is 17.5 Å². The van der Waals surface area contributed by atoms with E-state index in [-0.39, 0.29) is 17.0 Å². The van der Waals surface area contributed by atoms with Crippen molar-refractivity contribution in [1.29, 1.82) is 21.0 Å². The molecule has 0 radical (unpaired) electrons. The average molecular weight is 278 g/mol. The molecule has 104 valence electrons. The van der Waals surface area contributed by atoms with Gasteiger partial charge in [0, 0.05) is 0 Å². The highest BCUT2D eigenvalue weighted by Crippen LogP contribution is 2.60. The second-order valence-corrected chi connectivity index (χ2v) is 6.20. The fraction of sp³-hybridized carbons (Fsp3) is 0.467. The second kappa shape index (κ2) is 4.02. The van der Waals surface area contributed by atoms with Gasteiger partial charge in [-0.15, -0.1) is 0 Å². The minimum absolute atomic E-state index is 0.145. The third-order valence-corrected chi connectivity index (χ3v) is 4.87. The zero-order valence-electron chi connectivity index (χ0n) is 12.1. The van der Waals surface area contributed by atoms with E-state index in [1.807, 2.05) is 32.9 Å². The summed E-state index contributed by atoms with van der Waals surface area (Å²) in [5, 5.41) is 40.5. The number of fused-ring (bicyclic) bond motifs is 2. The summed E-state index contributed by atoms with van der Waals surface area (Å²) in [7, 11) is 0. The van der Waals surface area contributed by atoms with Crippen molar-refractivity contribution >= 4 is 0 Å². The van der Waals surface area contributed by atoms with Crippen molar-refractivity contribution < 1.29 is 0 Å². The van der Waals surface area contributed by atoms with Crippen LogP contribution in [0.25, 0.3) is 0 Å². The maximum absolute atomic E-state index is 9.71. The molecule has 2 atom stereocenters. The van der Waals surface area contributed by atoms with Crippen LogP contribution in [0.3, 0.4) is 0 Å². The lowest BCUT2D eigenvalue weighted by molar-refractivity contribution is 0.0743. The van der Waals surface area contributed by atoms with Gasteiger partial charge in [0.05, 0.1) is 34.6 Å². The Balaban J connectivity index is 2.96. The van der Waals surface area contributed by atoms with E-state index in [0.717, 1.165) is 0 Å². The maximum Gasteiger partial charge on any atom is 0.150 e. The van der Waals surface area contributed by atoms with Gasteiger partial charge in [0.1, 0.15) is 17.6 Å². The van der Waals surface area contributed by atoms with Gasteiger partial charge in [-0.05, 0) is 18.8 Å². The molecule has 2 bridgehead atoms. The van der Waals surface area contributed by atoms with Gasteiger partial charge in [0.15, 0.2) is 5.57 Å². The first-order chi connectivity index (χ1) is 9.74. The molecule has 0 aromatic rings. The Kier molecular flexibility index (Phi) is 2.76. The quantitative estimate of drug-likeness (QED) is 0.642. The van der Waals surface area contributed by atoms with Crippen LogP contribution in [0.4, 0.5) is 0 Å². The third kappa shape index (κ3) is 1.42.